The van der Waals surface area contributed by atoms with Crippen LogP contribution in [0, 0.1) is 0 Å². The summed E-state index contributed by atoms with van der Waals surface area (Å²) in [4.78, 5) is 20.2. The highest BCUT2D eigenvalue weighted by Crippen LogP contribution is 2.13. The van der Waals surface area contributed by atoms with Gasteiger partial charge >= 0.3 is 5.97 Å². The summed E-state index contributed by atoms with van der Waals surface area (Å²) >= 11 is 0. The van der Waals surface area contributed by atoms with Crippen LogP contribution in [0.1, 0.15) is 10.5 Å². The largest absolute Gasteiger partial charge is 0.477 e. The average Bonchev–Trinajstić information content (AvgIpc) is 2.62. The third-order valence-corrected chi connectivity index (χ3v) is 1.91. The number of carboxylic acids is 1. The number of aromatic carboxylic acids is 1. The first-order valence-electron chi connectivity index (χ1n) is 4.21. The van der Waals surface area contributed by atoms with Crippen LogP contribution in [0.4, 0.5) is 5.82 Å². The minimum absolute atomic E-state index is 0.0424. The Morgan fingerprint density at radius 2 is 2.27 bits per heavy atom. The van der Waals surface area contributed by atoms with Crippen LogP contribution < -0.4 is 4.90 Å². The van der Waals surface area contributed by atoms with Crippen molar-refractivity contribution in [3.63, 3.8) is 0 Å². The lowest BCUT2D eigenvalue weighted by Gasteiger charge is -2.13. The molecule has 0 aliphatic carbocycles. The van der Waals surface area contributed by atoms with E-state index in [4.69, 9.17) is 5.11 Å². The van der Waals surface area contributed by atoms with E-state index in [0.29, 0.717) is 5.82 Å². The van der Waals surface area contributed by atoms with Crippen LogP contribution in [0.15, 0.2) is 12.4 Å². The number of carbonyl (C=O) groups is 1. The lowest BCUT2D eigenvalue weighted by Crippen LogP contribution is -2.16. The normalized spacial score (nSPS) is 10.5. The Morgan fingerprint density at radius 3 is 2.87 bits per heavy atom. The zero-order valence-corrected chi connectivity index (χ0v) is 8.25. The number of anilines is 1. The van der Waals surface area contributed by atoms with Crippen LogP contribution in [0.3, 0.4) is 0 Å². The van der Waals surface area contributed by atoms with Crippen LogP contribution in [-0.4, -0.2) is 44.8 Å². The summed E-state index contributed by atoms with van der Waals surface area (Å²) in [7, 11) is 3.59. The molecule has 0 radical (unpaired) electrons. The van der Waals surface area contributed by atoms with Gasteiger partial charge in [-0.05, 0) is 0 Å². The minimum atomic E-state index is -1.08. The van der Waals surface area contributed by atoms with E-state index in [1.54, 1.807) is 19.0 Å². The van der Waals surface area contributed by atoms with E-state index in [2.05, 4.69) is 15.1 Å². The number of nitrogens with zero attached hydrogens (tertiary/aromatic N) is 5. The molecule has 0 spiro atoms. The molecule has 0 fully saturated rings. The van der Waals surface area contributed by atoms with Gasteiger partial charge in [0.1, 0.15) is 12.1 Å². The van der Waals surface area contributed by atoms with E-state index < -0.39 is 5.97 Å². The topological polar surface area (TPSA) is 83.6 Å². The maximum Gasteiger partial charge on any atom is 0.354 e. The van der Waals surface area contributed by atoms with E-state index in [1.165, 1.54) is 16.9 Å². The van der Waals surface area contributed by atoms with Gasteiger partial charge in [0.05, 0.1) is 0 Å². The van der Waals surface area contributed by atoms with Gasteiger partial charge in [-0.15, -0.1) is 0 Å². The molecule has 2 rings (SSSR count). The second kappa shape index (κ2) is 3.19. The molecule has 78 valence electrons. The quantitative estimate of drug-likeness (QED) is 0.739. The molecule has 0 saturated heterocycles. The molecule has 2 aromatic rings. The Morgan fingerprint density at radius 1 is 1.53 bits per heavy atom. The first-order chi connectivity index (χ1) is 7.09. The van der Waals surface area contributed by atoms with Crippen LogP contribution >= 0.6 is 0 Å². The maximum atomic E-state index is 10.8. The van der Waals surface area contributed by atoms with E-state index in [0.717, 1.165) is 0 Å². The highest BCUT2D eigenvalue weighted by Gasteiger charge is 2.12. The Labute approximate surface area is 85.0 Å². The van der Waals surface area contributed by atoms with Gasteiger partial charge in [-0.25, -0.2) is 9.78 Å². The fraction of sp³-hybridized carbons (Fsp3) is 0.250. The van der Waals surface area contributed by atoms with Gasteiger partial charge in [-0.1, -0.05) is 0 Å². The number of rotatable bonds is 2. The van der Waals surface area contributed by atoms with Crippen LogP contribution in [-0.2, 0) is 0 Å². The molecule has 0 bridgehead atoms. The highest BCUT2D eigenvalue weighted by molar-refractivity contribution is 5.86. The third-order valence-electron chi connectivity index (χ3n) is 1.91. The molecule has 2 heterocycles. The van der Waals surface area contributed by atoms with Crippen molar-refractivity contribution in [2.75, 3.05) is 19.0 Å². The monoisotopic (exact) mass is 207 g/mol. The van der Waals surface area contributed by atoms with Crippen molar-refractivity contribution in [3.8, 4) is 0 Å². The number of hydrogen-bond donors (Lipinski definition) is 1. The van der Waals surface area contributed by atoms with Gasteiger partial charge in [-0.2, -0.15) is 14.6 Å². The summed E-state index contributed by atoms with van der Waals surface area (Å²) in [5.74, 6) is -0.183. The van der Waals surface area contributed by atoms with Crippen molar-refractivity contribution in [1.29, 1.82) is 0 Å². The zero-order valence-electron chi connectivity index (χ0n) is 8.25. The van der Waals surface area contributed by atoms with Gasteiger partial charge in [-0.3, -0.25) is 0 Å². The Balaban J connectivity index is 2.74. The molecule has 15 heavy (non-hydrogen) atoms. The molecular weight excluding hydrogens is 198 g/mol. The van der Waals surface area contributed by atoms with Gasteiger partial charge in [0.25, 0.3) is 5.78 Å². The SMILES string of the molecule is CN(C)c1cc(C(=O)O)nc2ncnn12. The predicted molar refractivity (Wildman–Crippen MR) is 52.1 cm³/mol. The summed E-state index contributed by atoms with van der Waals surface area (Å²) in [5.41, 5.74) is -0.0424. The van der Waals surface area contributed by atoms with Crippen molar-refractivity contribution in [2.45, 2.75) is 0 Å². The number of carboxylic acid groups (broad SMARTS) is 1. The van der Waals surface area contributed by atoms with Crippen LogP contribution in [0.25, 0.3) is 5.78 Å². The third kappa shape index (κ3) is 1.47. The summed E-state index contributed by atoms with van der Waals surface area (Å²) in [5, 5.41) is 12.8. The molecule has 7 nitrogen and oxygen atoms in total. The van der Waals surface area contributed by atoms with Gasteiger partial charge < -0.3 is 10.0 Å². The lowest BCUT2D eigenvalue weighted by molar-refractivity contribution is 0.0690. The Kier molecular flexibility index (Phi) is 2.00. The minimum Gasteiger partial charge on any atom is -0.477 e. The molecular formula is C8H9N5O2. The fourth-order valence-electron chi connectivity index (χ4n) is 1.22. The molecule has 7 heteroatoms. The van der Waals surface area contributed by atoms with E-state index >= 15 is 0 Å². The maximum absolute atomic E-state index is 10.8. The molecule has 1 N–H and O–H groups in total. The molecule has 0 saturated carbocycles. The lowest BCUT2D eigenvalue weighted by atomic mass is 10.4. The number of hydrogen-bond acceptors (Lipinski definition) is 5. The molecule has 0 aliphatic rings. The van der Waals surface area contributed by atoms with Gasteiger partial charge in [0.15, 0.2) is 5.69 Å². The molecule has 0 aliphatic heterocycles. The Hall–Kier alpha value is -2.18. The van der Waals surface area contributed by atoms with Gasteiger partial charge in [0, 0.05) is 20.2 Å². The van der Waals surface area contributed by atoms with Crippen LogP contribution in [0.5, 0.6) is 0 Å². The summed E-state index contributed by atoms with van der Waals surface area (Å²) in [6.07, 6.45) is 1.33. The van der Waals surface area contributed by atoms with E-state index in [-0.39, 0.29) is 11.5 Å². The molecule has 0 amide bonds. The van der Waals surface area contributed by atoms with Crippen molar-refractivity contribution in [2.24, 2.45) is 0 Å². The van der Waals surface area contributed by atoms with E-state index in [9.17, 15) is 4.79 Å². The highest BCUT2D eigenvalue weighted by atomic mass is 16.4. The molecule has 2 aromatic heterocycles. The number of aromatic nitrogens is 4. The smallest absolute Gasteiger partial charge is 0.354 e. The second-order valence-corrected chi connectivity index (χ2v) is 3.17. The summed E-state index contributed by atoms with van der Waals surface area (Å²) in [6.45, 7) is 0. The molecule has 0 atom stereocenters. The first kappa shape index (κ1) is 9.38. The Bertz CT molecular complexity index is 519. The first-order valence-corrected chi connectivity index (χ1v) is 4.21. The van der Waals surface area contributed by atoms with Crippen molar-refractivity contribution < 1.29 is 9.90 Å². The molecule has 0 unspecified atom stereocenters. The standard InChI is InChI=1S/C8H9N5O2/c1-12(2)6-3-5(7(14)15)11-8-9-4-10-13(6)8/h3-4H,1-2H3,(H,14,15). The van der Waals surface area contributed by atoms with Crippen LogP contribution in [0.2, 0.25) is 0 Å². The predicted octanol–water partition coefficient (Wildman–Crippen LogP) is -0.111. The zero-order chi connectivity index (χ0) is 11.0. The summed E-state index contributed by atoms with van der Waals surface area (Å²) < 4.78 is 1.48. The summed E-state index contributed by atoms with van der Waals surface area (Å²) in [6, 6.07) is 1.45. The fourth-order valence-corrected chi connectivity index (χ4v) is 1.22. The number of fused-ring (bicyclic) bond motifs is 1. The van der Waals surface area contributed by atoms with Crippen molar-refractivity contribution in [1.82, 2.24) is 19.6 Å². The van der Waals surface area contributed by atoms with Crippen molar-refractivity contribution >= 4 is 17.6 Å². The van der Waals surface area contributed by atoms with Crippen molar-refractivity contribution in [3.05, 3.63) is 18.1 Å². The molecule has 0 aromatic carbocycles. The van der Waals surface area contributed by atoms with E-state index in [1.807, 2.05) is 0 Å². The average molecular weight is 207 g/mol. The second-order valence-electron chi connectivity index (χ2n) is 3.17. The van der Waals surface area contributed by atoms with Gasteiger partial charge in [0.2, 0.25) is 0 Å².